The third kappa shape index (κ3) is 3.82. The number of primary sulfonamides is 1. The number of nitrogens with zero attached hydrogens (tertiary/aromatic N) is 3. The summed E-state index contributed by atoms with van der Waals surface area (Å²) in [4.78, 5) is 14.0. The van der Waals surface area contributed by atoms with Crippen LogP contribution in [0.25, 0.3) is 5.69 Å². The Morgan fingerprint density at radius 2 is 1.82 bits per heavy atom. The predicted octanol–water partition coefficient (Wildman–Crippen LogP) is -2.72. The molecule has 22 heavy (non-hydrogen) atoms. The summed E-state index contributed by atoms with van der Waals surface area (Å²) in [6.07, 6.45) is 0. The van der Waals surface area contributed by atoms with Crippen LogP contribution in [0.4, 0.5) is 5.69 Å². The maximum absolute atomic E-state index is 12.6. The van der Waals surface area contributed by atoms with Crippen molar-refractivity contribution in [2.75, 3.05) is 17.8 Å². The number of hydrogen-bond donors (Lipinski definition) is 1. The van der Waals surface area contributed by atoms with Gasteiger partial charge in [0.15, 0.2) is 0 Å². The minimum atomic E-state index is -3.70. The molecular weight excluding hydrogens is 315 g/mol. The molecule has 0 atom stereocenters. The molecule has 0 unspecified atom stereocenters. The molecule has 116 valence electrons. The van der Waals surface area contributed by atoms with Gasteiger partial charge in [0.05, 0.1) is 11.4 Å². The van der Waals surface area contributed by atoms with Crippen molar-refractivity contribution in [1.82, 2.24) is 9.36 Å². The van der Waals surface area contributed by atoms with E-state index >= 15 is 0 Å². The fourth-order valence-corrected chi connectivity index (χ4v) is 3.00. The summed E-state index contributed by atoms with van der Waals surface area (Å²) in [5.74, 6) is -0.415. The van der Waals surface area contributed by atoms with E-state index in [9.17, 15) is 13.2 Å². The first-order valence-corrected chi connectivity index (χ1v) is 7.99. The Kier molecular flexibility index (Phi) is 6.05. The van der Waals surface area contributed by atoms with Crippen molar-refractivity contribution < 1.29 is 39.4 Å². The van der Waals surface area contributed by atoms with Crippen LogP contribution in [-0.4, -0.2) is 30.7 Å². The number of anilines is 1. The van der Waals surface area contributed by atoms with Gasteiger partial charge in [-0.2, -0.15) is 0 Å². The molecule has 0 amide bonds. The second kappa shape index (κ2) is 7.01. The quantitative estimate of drug-likeness (QED) is 0.616. The molecule has 2 rings (SSSR count). The molecule has 0 fully saturated rings. The van der Waals surface area contributed by atoms with Gasteiger partial charge in [0.1, 0.15) is 11.6 Å². The van der Waals surface area contributed by atoms with Crippen molar-refractivity contribution in [1.29, 1.82) is 0 Å². The van der Waals surface area contributed by atoms with Crippen molar-refractivity contribution in [2.45, 2.75) is 6.92 Å². The summed E-state index contributed by atoms with van der Waals surface area (Å²) in [6, 6.07) is 9.14. The maximum Gasteiger partial charge on any atom is 1.00 e. The van der Waals surface area contributed by atoms with Crippen molar-refractivity contribution in [3.05, 3.63) is 46.4 Å². The van der Waals surface area contributed by atoms with Crippen molar-refractivity contribution in [3.8, 4) is 5.69 Å². The normalized spacial score (nSPS) is 11.1. The van der Waals surface area contributed by atoms with Gasteiger partial charge in [-0.05, 0) is 19.1 Å². The number of hydrogen-bond acceptors (Lipinski definition) is 4. The standard InChI is InChI=1S/C13H18N4O3S.Na.H/c1-10-12(15(2)9-21(14,19)20)13(18)17(16(10)3)11-7-5-4-6-8-11;;/h4-8H,9H2,1-3H3,(H2,14,19,20);;/q;+1;-1. The first kappa shape index (κ1) is 19.0. The van der Waals surface area contributed by atoms with Crippen LogP contribution in [0.2, 0.25) is 0 Å². The molecule has 0 bridgehead atoms. The molecule has 0 aliphatic carbocycles. The van der Waals surface area contributed by atoms with E-state index in [1.165, 1.54) is 16.6 Å². The molecule has 0 saturated carbocycles. The Bertz CT molecular complexity index is 818. The van der Waals surface area contributed by atoms with Gasteiger partial charge in [0.2, 0.25) is 10.0 Å². The summed E-state index contributed by atoms with van der Waals surface area (Å²) >= 11 is 0. The number of para-hydroxylation sites is 1. The van der Waals surface area contributed by atoms with E-state index in [1.54, 1.807) is 18.7 Å². The fourth-order valence-electron chi connectivity index (χ4n) is 2.33. The van der Waals surface area contributed by atoms with Crippen molar-refractivity contribution >= 4 is 15.7 Å². The van der Waals surface area contributed by atoms with E-state index in [0.29, 0.717) is 17.1 Å². The first-order chi connectivity index (χ1) is 9.72. The Balaban J connectivity index is 0.00000242. The molecule has 1 aromatic carbocycles. The van der Waals surface area contributed by atoms with Crippen LogP contribution in [0.3, 0.4) is 0 Å². The van der Waals surface area contributed by atoms with E-state index in [-0.39, 0.29) is 36.5 Å². The van der Waals surface area contributed by atoms with Crippen LogP contribution in [0.15, 0.2) is 35.1 Å². The van der Waals surface area contributed by atoms with E-state index in [1.807, 2.05) is 30.3 Å². The van der Waals surface area contributed by atoms with Gasteiger partial charge in [0.25, 0.3) is 5.56 Å². The monoisotopic (exact) mass is 334 g/mol. The van der Waals surface area contributed by atoms with Crippen molar-refractivity contribution in [2.24, 2.45) is 12.2 Å². The third-order valence-corrected chi connectivity index (χ3v) is 4.03. The minimum absolute atomic E-state index is 0. The van der Waals surface area contributed by atoms with Crippen molar-refractivity contribution in [3.63, 3.8) is 0 Å². The number of benzene rings is 1. The molecule has 2 aromatic rings. The van der Waals surface area contributed by atoms with Crippen LogP contribution >= 0.6 is 0 Å². The zero-order valence-corrected chi connectivity index (χ0v) is 16.0. The van der Waals surface area contributed by atoms with Crippen LogP contribution in [0.5, 0.6) is 0 Å². The average molecular weight is 334 g/mol. The molecule has 0 saturated heterocycles. The van der Waals surface area contributed by atoms with Gasteiger partial charge in [-0.3, -0.25) is 9.48 Å². The summed E-state index contributed by atoms with van der Waals surface area (Å²) in [5.41, 5.74) is 1.40. The average Bonchev–Trinajstić information content (AvgIpc) is 2.59. The van der Waals surface area contributed by atoms with E-state index in [4.69, 9.17) is 5.14 Å². The smallest absolute Gasteiger partial charge is 1.00 e. The summed E-state index contributed by atoms with van der Waals surface area (Å²) in [7, 11) is -0.425. The summed E-state index contributed by atoms with van der Waals surface area (Å²) in [5, 5.41) is 5.04. The maximum atomic E-state index is 12.6. The SMILES string of the molecule is Cc1c(N(C)CS(N)(=O)=O)c(=O)n(-c2ccccc2)n1C.[H-].[Na+]. The largest absolute Gasteiger partial charge is 1.00 e. The van der Waals surface area contributed by atoms with Gasteiger partial charge < -0.3 is 6.33 Å². The van der Waals surface area contributed by atoms with Crippen LogP contribution < -0.4 is 45.2 Å². The Hall–Kier alpha value is -1.06. The summed E-state index contributed by atoms with van der Waals surface area (Å²) < 4.78 is 25.6. The number of aromatic nitrogens is 2. The first-order valence-electron chi connectivity index (χ1n) is 6.28. The van der Waals surface area contributed by atoms with Gasteiger partial charge in [-0.15, -0.1) is 0 Å². The third-order valence-electron chi connectivity index (χ3n) is 3.28. The fraction of sp³-hybridized carbons (Fsp3) is 0.308. The van der Waals surface area contributed by atoms with Crippen LogP contribution in [-0.2, 0) is 17.1 Å². The molecule has 0 spiro atoms. The molecule has 9 heteroatoms. The molecule has 1 heterocycles. The Morgan fingerprint density at radius 3 is 2.32 bits per heavy atom. The van der Waals surface area contributed by atoms with Gasteiger partial charge in [-0.25, -0.2) is 18.2 Å². The topological polar surface area (TPSA) is 90.3 Å². The summed E-state index contributed by atoms with van der Waals surface area (Å²) in [6.45, 7) is 1.76. The second-order valence-electron chi connectivity index (χ2n) is 4.90. The van der Waals surface area contributed by atoms with E-state index in [0.717, 1.165) is 0 Å². The minimum Gasteiger partial charge on any atom is -1.00 e. The van der Waals surface area contributed by atoms with E-state index < -0.39 is 15.9 Å². The number of sulfonamides is 1. The molecule has 2 N–H and O–H groups in total. The second-order valence-corrected chi connectivity index (χ2v) is 6.48. The number of nitrogens with two attached hydrogens (primary N) is 1. The van der Waals surface area contributed by atoms with Gasteiger partial charge in [0, 0.05) is 14.1 Å². The number of rotatable bonds is 4. The van der Waals surface area contributed by atoms with Gasteiger partial charge in [-0.1, -0.05) is 18.2 Å². The molecule has 0 aliphatic heterocycles. The Morgan fingerprint density at radius 1 is 1.27 bits per heavy atom. The molecule has 0 aliphatic rings. The molecule has 7 nitrogen and oxygen atoms in total. The molecular formula is C13H19N4NaO3S. The van der Waals surface area contributed by atoms with Gasteiger partial charge >= 0.3 is 29.6 Å². The Labute approximate surface area is 153 Å². The predicted molar refractivity (Wildman–Crippen MR) is 83.2 cm³/mol. The molecule has 0 radical (unpaired) electrons. The molecule has 1 aromatic heterocycles. The van der Waals surface area contributed by atoms with Crippen LogP contribution in [0, 0.1) is 6.92 Å². The zero-order chi connectivity index (χ0) is 15.8. The van der Waals surface area contributed by atoms with E-state index in [2.05, 4.69) is 0 Å². The zero-order valence-electron chi connectivity index (χ0n) is 14.1. The van der Waals surface area contributed by atoms with Crippen LogP contribution in [0.1, 0.15) is 7.12 Å².